The number of hydrogen-bond donors (Lipinski definition) is 2. The fourth-order valence-corrected chi connectivity index (χ4v) is 1.58. The van der Waals surface area contributed by atoms with Gasteiger partial charge in [0.1, 0.15) is 12.7 Å². The van der Waals surface area contributed by atoms with Gasteiger partial charge < -0.3 is 10.4 Å². The first-order valence-electron chi connectivity index (χ1n) is 5.45. The summed E-state index contributed by atoms with van der Waals surface area (Å²) in [6, 6.07) is 8.56. The molecule has 0 fully saturated rings. The van der Waals surface area contributed by atoms with Crippen LogP contribution in [0.15, 0.2) is 24.3 Å². The standard InChI is InChI=1S/C12H10F2N4O/c13-12(14,7-19)6-16-11-8-3-1-2-4-9(8)17-18-10(11)5-15/h1-4,19H,6-7H2,(H,16,17). The molecule has 5 nitrogen and oxygen atoms in total. The van der Waals surface area contributed by atoms with Crippen molar-refractivity contribution in [1.82, 2.24) is 10.2 Å². The lowest BCUT2D eigenvalue weighted by atomic mass is 10.1. The van der Waals surface area contributed by atoms with Gasteiger partial charge in [-0.2, -0.15) is 5.26 Å². The normalized spacial score (nSPS) is 11.3. The second kappa shape index (κ2) is 5.12. The monoisotopic (exact) mass is 264 g/mol. The minimum Gasteiger partial charge on any atom is -0.390 e. The molecule has 19 heavy (non-hydrogen) atoms. The zero-order valence-electron chi connectivity index (χ0n) is 9.77. The van der Waals surface area contributed by atoms with Crippen molar-refractivity contribution < 1.29 is 13.9 Å². The fraction of sp³-hybridized carbons (Fsp3) is 0.250. The van der Waals surface area contributed by atoms with Crippen molar-refractivity contribution in [3.05, 3.63) is 30.0 Å². The zero-order chi connectivity index (χ0) is 13.9. The van der Waals surface area contributed by atoms with Crippen LogP contribution in [0.25, 0.3) is 10.9 Å². The Bertz CT molecular complexity index is 639. The van der Waals surface area contributed by atoms with Crippen LogP contribution in [0.3, 0.4) is 0 Å². The molecule has 0 aliphatic carbocycles. The Balaban J connectivity index is 2.43. The van der Waals surface area contributed by atoms with Crippen molar-refractivity contribution in [1.29, 1.82) is 5.26 Å². The Labute approximate surface area is 107 Å². The summed E-state index contributed by atoms with van der Waals surface area (Å²) in [4.78, 5) is 0. The van der Waals surface area contributed by atoms with Gasteiger partial charge in [0.15, 0.2) is 5.69 Å². The topological polar surface area (TPSA) is 81.8 Å². The van der Waals surface area contributed by atoms with E-state index >= 15 is 0 Å². The number of alkyl halides is 2. The molecule has 0 unspecified atom stereocenters. The van der Waals surface area contributed by atoms with E-state index in [9.17, 15) is 8.78 Å². The van der Waals surface area contributed by atoms with E-state index in [1.54, 1.807) is 30.3 Å². The van der Waals surface area contributed by atoms with Crippen LogP contribution in [-0.2, 0) is 0 Å². The van der Waals surface area contributed by atoms with Crippen molar-refractivity contribution in [2.24, 2.45) is 0 Å². The maximum atomic E-state index is 13.0. The first kappa shape index (κ1) is 13.1. The molecule has 0 aliphatic rings. The molecule has 0 spiro atoms. The molecule has 2 aromatic rings. The predicted molar refractivity (Wildman–Crippen MR) is 64.8 cm³/mol. The number of nitrogens with zero attached hydrogens (tertiary/aromatic N) is 3. The van der Waals surface area contributed by atoms with Gasteiger partial charge in [-0.1, -0.05) is 18.2 Å². The number of anilines is 1. The van der Waals surface area contributed by atoms with Crippen LogP contribution in [0.1, 0.15) is 5.69 Å². The Morgan fingerprint density at radius 2 is 2.05 bits per heavy atom. The summed E-state index contributed by atoms with van der Waals surface area (Å²) in [5.41, 5.74) is 0.630. The van der Waals surface area contributed by atoms with Gasteiger partial charge in [0.25, 0.3) is 5.92 Å². The molecule has 7 heteroatoms. The van der Waals surface area contributed by atoms with Gasteiger partial charge in [-0.15, -0.1) is 10.2 Å². The third-order valence-electron chi connectivity index (χ3n) is 2.53. The molecule has 0 radical (unpaired) electrons. The summed E-state index contributed by atoms with van der Waals surface area (Å²) in [7, 11) is 0. The maximum absolute atomic E-state index is 13.0. The highest BCUT2D eigenvalue weighted by Crippen LogP contribution is 2.25. The van der Waals surface area contributed by atoms with Crippen LogP contribution in [-0.4, -0.2) is 34.4 Å². The second-order valence-electron chi connectivity index (χ2n) is 3.92. The Hall–Kier alpha value is -2.33. The molecule has 0 atom stereocenters. The lowest BCUT2D eigenvalue weighted by molar-refractivity contribution is -0.0372. The van der Waals surface area contributed by atoms with Crippen molar-refractivity contribution in [3.8, 4) is 6.07 Å². The van der Waals surface area contributed by atoms with Gasteiger partial charge in [-0.25, -0.2) is 8.78 Å². The smallest absolute Gasteiger partial charge is 0.287 e. The highest BCUT2D eigenvalue weighted by atomic mass is 19.3. The number of hydrogen-bond acceptors (Lipinski definition) is 5. The first-order valence-corrected chi connectivity index (χ1v) is 5.45. The zero-order valence-corrected chi connectivity index (χ0v) is 9.77. The van der Waals surface area contributed by atoms with Gasteiger partial charge >= 0.3 is 0 Å². The van der Waals surface area contributed by atoms with Crippen LogP contribution < -0.4 is 5.32 Å². The van der Waals surface area contributed by atoms with E-state index < -0.39 is 19.1 Å². The number of benzene rings is 1. The van der Waals surface area contributed by atoms with E-state index in [1.165, 1.54) is 0 Å². The van der Waals surface area contributed by atoms with E-state index in [0.717, 1.165) is 0 Å². The predicted octanol–water partition coefficient (Wildman–Crippen LogP) is 1.54. The number of aromatic nitrogens is 2. The van der Waals surface area contributed by atoms with Crippen molar-refractivity contribution >= 4 is 16.6 Å². The summed E-state index contributed by atoms with van der Waals surface area (Å²) in [5, 5.41) is 28.0. The number of rotatable bonds is 4. The highest BCUT2D eigenvalue weighted by Gasteiger charge is 2.28. The van der Waals surface area contributed by atoms with E-state index in [2.05, 4.69) is 15.5 Å². The molecular weight excluding hydrogens is 254 g/mol. The Kier molecular flexibility index (Phi) is 3.53. The molecule has 98 valence electrons. The average molecular weight is 264 g/mol. The number of nitrogens with one attached hydrogen (secondary N) is 1. The molecule has 0 saturated heterocycles. The molecule has 1 aromatic heterocycles. The van der Waals surface area contributed by atoms with Crippen molar-refractivity contribution in [2.45, 2.75) is 5.92 Å². The molecule has 1 heterocycles. The summed E-state index contributed by atoms with van der Waals surface area (Å²) >= 11 is 0. The highest BCUT2D eigenvalue weighted by molar-refractivity contribution is 5.92. The summed E-state index contributed by atoms with van der Waals surface area (Å²) in [6.45, 7) is -2.05. The molecule has 1 aromatic carbocycles. The fourth-order valence-electron chi connectivity index (χ4n) is 1.58. The molecule has 0 saturated carbocycles. The lowest BCUT2D eigenvalue weighted by Gasteiger charge is -2.16. The van der Waals surface area contributed by atoms with Gasteiger partial charge in [0, 0.05) is 5.39 Å². The van der Waals surface area contributed by atoms with E-state index in [1.807, 2.05) is 0 Å². The maximum Gasteiger partial charge on any atom is 0.287 e. The molecular formula is C12H10F2N4O. The number of aliphatic hydroxyl groups is 1. The molecule has 2 rings (SSSR count). The van der Waals surface area contributed by atoms with Gasteiger partial charge in [0.2, 0.25) is 0 Å². The van der Waals surface area contributed by atoms with Crippen LogP contribution >= 0.6 is 0 Å². The number of aliphatic hydroxyl groups excluding tert-OH is 1. The molecule has 0 aliphatic heterocycles. The number of halogens is 2. The van der Waals surface area contributed by atoms with Crippen molar-refractivity contribution in [2.75, 3.05) is 18.5 Å². The molecule has 0 bridgehead atoms. The Morgan fingerprint density at radius 3 is 2.74 bits per heavy atom. The Morgan fingerprint density at radius 1 is 1.32 bits per heavy atom. The largest absolute Gasteiger partial charge is 0.390 e. The van der Waals surface area contributed by atoms with Gasteiger partial charge in [0.05, 0.1) is 17.7 Å². The third-order valence-corrected chi connectivity index (χ3v) is 2.53. The van der Waals surface area contributed by atoms with Crippen LogP contribution in [0.2, 0.25) is 0 Å². The van der Waals surface area contributed by atoms with Gasteiger partial charge in [-0.05, 0) is 6.07 Å². The van der Waals surface area contributed by atoms with E-state index in [0.29, 0.717) is 10.9 Å². The minimum absolute atomic E-state index is 0.0626. The van der Waals surface area contributed by atoms with Gasteiger partial charge in [-0.3, -0.25) is 0 Å². The summed E-state index contributed by atoms with van der Waals surface area (Å²) in [6.07, 6.45) is 0. The second-order valence-corrected chi connectivity index (χ2v) is 3.92. The average Bonchev–Trinajstić information content (AvgIpc) is 2.44. The van der Waals surface area contributed by atoms with Crippen LogP contribution in [0, 0.1) is 11.3 Å². The third kappa shape index (κ3) is 2.74. The number of nitriles is 1. The summed E-state index contributed by atoms with van der Waals surface area (Å²) in [5.74, 6) is -3.27. The first-order chi connectivity index (χ1) is 9.07. The SMILES string of the molecule is N#Cc1nnc2ccccc2c1NCC(F)(F)CO. The van der Waals surface area contributed by atoms with Crippen molar-refractivity contribution in [3.63, 3.8) is 0 Å². The number of fused-ring (bicyclic) bond motifs is 1. The lowest BCUT2D eigenvalue weighted by Crippen LogP contribution is -2.31. The quantitative estimate of drug-likeness (QED) is 0.875. The minimum atomic E-state index is -3.27. The molecule has 2 N–H and O–H groups in total. The van der Waals surface area contributed by atoms with E-state index in [4.69, 9.17) is 10.4 Å². The summed E-state index contributed by atoms with van der Waals surface area (Å²) < 4.78 is 26.1. The van der Waals surface area contributed by atoms with Crippen LogP contribution in [0.4, 0.5) is 14.5 Å². The van der Waals surface area contributed by atoms with Crippen LogP contribution in [0.5, 0.6) is 0 Å². The van der Waals surface area contributed by atoms with E-state index in [-0.39, 0.29) is 11.4 Å². The molecule has 0 amide bonds.